The summed E-state index contributed by atoms with van der Waals surface area (Å²) in [4.78, 5) is 24.5. The van der Waals surface area contributed by atoms with Crippen molar-refractivity contribution in [1.82, 2.24) is 0 Å². The first kappa shape index (κ1) is 23.3. The first-order valence-electron chi connectivity index (χ1n) is 7.99. The van der Waals surface area contributed by atoms with Crippen molar-refractivity contribution in [3.05, 3.63) is 64.7 Å². The first-order chi connectivity index (χ1) is 11.7. The van der Waals surface area contributed by atoms with Crippen molar-refractivity contribution < 1.29 is 70.4 Å². The summed E-state index contributed by atoms with van der Waals surface area (Å²) in [6, 6.07) is 13.4. The fourth-order valence-electron chi connectivity index (χ4n) is 2.13. The molecule has 0 aliphatic carbocycles. The Hall–Kier alpha value is -0.694. The molecule has 0 radical (unpaired) electrons. The molecule has 0 fully saturated rings. The van der Waals surface area contributed by atoms with Gasteiger partial charge in [0, 0.05) is 16.1 Å². The van der Waals surface area contributed by atoms with E-state index in [4.69, 9.17) is 21.1 Å². The summed E-state index contributed by atoms with van der Waals surface area (Å²) < 4.78 is 10.9. The zero-order chi connectivity index (χ0) is 18.6. The van der Waals surface area contributed by atoms with E-state index in [0.29, 0.717) is 21.9 Å². The summed E-state index contributed by atoms with van der Waals surface area (Å²) in [5.74, 6) is -0.0659. The van der Waals surface area contributed by atoms with Gasteiger partial charge in [-0.3, -0.25) is 4.79 Å². The Kier molecular flexibility index (Phi) is 8.99. The Balaban J connectivity index is 0.00000338. The van der Waals surface area contributed by atoms with E-state index in [9.17, 15) is 9.59 Å². The molecule has 0 spiro atoms. The van der Waals surface area contributed by atoms with Crippen LogP contribution in [0.5, 0.6) is 5.75 Å². The van der Waals surface area contributed by atoms with Crippen LogP contribution in [0, 0.1) is 0 Å². The molecule has 0 bridgehead atoms. The zero-order valence-corrected chi connectivity index (χ0v) is 19.6. The third kappa shape index (κ3) is 6.48. The maximum Gasteiger partial charge on any atom is 1.00 e. The van der Waals surface area contributed by atoms with E-state index >= 15 is 0 Å². The SMILES string of the molecule is CC(C)OC(=O)C(C)(C)Oc1ccc(C(=O)c2ccc(Cl)cc2)cc1.[K+]. The smallest absolute Gasteiger partial charge is 0.476 e. The van der Waals surface area contributed by atoms with Crippen molar-refractivity contribution in [1.29, 1.82) is 0 Å². The first-order valence-corrected chi connectivity index (χ1v) is 8.37. The number of hydrogen-bond acceptors (Lipinski definition) is 4. The van der Waals surface area contributed by atoms with E-state index in [2.05, 4.69) is 0 Å². The van der Waals surface area contributed by atoms with Crippen LogP contribution in [0.4, 0.5) is 0 Å². The number of ether oxygens (including phenoxy) is 2. The molecule has 0 N–H and O–H groups in total. The molecule has 0 aromatic heterocycles. The van der Waals surface area contributed by atoms with E-state index in [1.807, 2.05) is 0 Å². The molecular formula is C20H21ClKO4+. The van der Waals surface area contributed by atoms with Gasteiger partial charge in [-0.15, -0.1) is 0 Å². The van der Waals surface area contributed by atoms with Crippen LogP contribution in [-0.2, 0) is 9.53 Å². The van der Waals surface area contributed by atoms with Crippen molar-refractivity contribution in [3.63, 3.8) is 0 Å². The number of esters is 1. The van der Waals surface area contributed by atoms with Crippen molar-refractivity contribution in [2.24, 2.45) is 0 Å². The molecule has 0 unspecified atom stereocenters. The predicted octanol–water partition coefficient (Wildman–Crippen LogP) is 1.68. The standard InChI is InChI=1S/C20H21ClO4.K/c1-13(2)24-19(23)20(3,4)25-17-11-7-15(8-12-17)18(22)14-5-9-16(21)10-6-14;/h5-13H,1-4H3;/q;+1. The van der Waals surface area contributed by atoms with Gasteiger partial charge in [-0.2, -0.15) is 0 Å². The molecule has 0 amide bonds. The molecule has 26 heavy (non-hydrogen) atoms. The molecule has 2 aromatic carbocycles. The van der Waals surface area contributed by atoms with Crippen LogP contribution in [0.15, 0.2) is 48.5 Å². The molecule has 0 aliphatic heterocycles. The van der Waals surface area contributed by atoms with Gasteiger partial charge in [0.05, 0.1) is 6.10 Å². The Morgan fingerprint density at radius 1 is 0.923 bits per heavy atom. The summed E-state index contributed by atoms with van der Waals surface area (Å²) in [6.07, 6.45) is -0.213. The maximum atomic E-state index is 12.4. The number of carbonyl (C=O) groups is 2. The molecule has 0 saturated carbocycles. The van der Waals surface area contributed by atoms with Crippen LogP contribution in [0.3, 0.4) is 0 Å². The van der Waals surface area contributed by atoms with Crippen LogP contribution >= 0.6 is 11.6 Å². The van der Waals surface area contributed by atoms with Crippen molar-refractivity contribution in [2.45, 2.75) is 39.4 Å². The second kappa shape index (κ2) is 10.0. The van der Waals surface area contributed by atoms with Gasteiger partial charge in [0.25, 0.3) is 0 Å². The molecule has 0 heterocycles. The number of halogens is 1. The fraction of sp³-hybridized carbons (Fsp3) is 0.300. The van der Waals surface area contributed by atoms with Crippen LogP contribution in [0.25, 0.3) is 0 Å². The summed E-state index contributed by atoms with van der Waals surface area (Å²) in [5.41, 5.74) is -0.0393. The minimum atomic E-state index is -1.12. The maximum absolute atomic E-state index is 12.4. The number of rotatable bonds is 6. The number of carbonyl (C=O) groups excluding carboxylic acids is 2. The van der Waals surface area contributed by atoms with Gasteiger partial charge >= 0.3 is 57.4 Å². The Morgan fingerprint density at radius 3 is 1.85 bits per heavy atom. The van der Waals surface area contributed by atoms with Crippen LogP contribution < -0.4 is 56.1 Å². The summed E-state index contributed by atoms with van der Waals surface area (Å²) >= 11 is 5.84. The van der Waals surface area contributed by atoms with Crippen LogP contribution in [-0.4, -0.2) is 23.5 Å². The molecule has 0 atom stereocenters. The van der Waals surface area contributed by atoms with E-state index in [-0.39, 0.29) is 63.3 Å². The normalized spacial score (nSPS) is 10.8. The number of ketones is 1. The topological polar surface area (TPSA) is 52.6 Å². The third-order valence-corrected chi connectivity index (χ3v) is 3.68. The summed E-state index contributed by atoms with van der Waals surface area (Å²) in [7, 11) is 0. The van der Waals surface area contributed by atoms with Crippen molar-refractivity contribution in [2.75, 3.05) is 0 Å². The number of hydrogen-bond donors (Lipinski definition) is 0. The Labute approximate surface area is 201 Å². The summed E-state index contributed by atoms with van der Waals surface area (Å²) in [5, 5.41) is 0.579. The average Bonchev–Trinajstić information content (AvgIpc) is 2.54. The molecular weight excluding hydrogens is 379 g/mol. The second-order valence-corrected chi connectivity index (χ2v) is 6.86. The minimum absolute atomic E-state index is 0. The van der Waals surface area contributed by atoms with Crippen molar-refractivity contribution in [3.8, 4) is 5.75 Å². The van der Waals surface area contributed by atoms with E-state index in [0.717, 1.165) is 0 Å². The zero-order valence-electron chi connectivity index (χ0n) is 15.7. The van der Waals surface area contributed by atoms with Gasteiger partial charge < -0.3 is 9.47 Å². The van der Waals surface area contributed by atoms with Gasteiger partial charge in [-0.05, 0) is 76.2 Å². The molecule has 0 aliphatic rings. The van der Waals surface area contributed by atoms with Crippen LogP contribution in [0.1, 0.15) is 43.6 Å². The van der Waals surface area contributed by atoms with Crippen molar-refractivity contribution >= 4 is 23.4 Å². The van der Waals surface area contributed by atoms with E-state index in [1.165, 1.54) is 0 Å². The summed E-state index contributed by atoms with van der Waals surface area (Å²) in [6.45, 7) is 6.85. The third-order valence-electron chi connectivity index (χ3n) is 3.43. The van der Waals surface area contributed by atoms with Gasteiger partial charge in [-0.25, -0.2) is 4.79 Å². The average molecular weight is 400 g/mol. The molecule has 2 rings (SSSR count). The van der Waals surface area contributed by atoms with Gasteiger partial charge in [-0.1, -0.05) is 11.6 Å². The number of benzene rings is 2. The van der Waals surface area contributed by atoms with Gasteiger partial charge in [0.1, 0.15) is 5.75 Å². The molecule has 0 saturated heterocycles. The van der Waals surface area contributed by atoms with Gasteiger partial charge in [0.2, 0.25) is 0 Å². The fourth-order valence-corrected chi connectivity index (χ4v) is 2.26. The minimum Gasteiger partial charge on any atom is -0.476 e. The molecule has 4 nitrogen and oxygen atoms in total. The Bertz CT molecular complexity index is 752. The Morgan fingerprint density at radius 2 is 1.38 bits per heavy atom. The molecule has 132 valence electrons. The van der Waals surface area contributed by atoms with E-state index < -0.39 is 11.6 Å². The second-order valence-electron chi connectivity index (χ2n) is 6.43. The predicted molar refractivity (Wildman–Crippen MR) is 97.3 cm³/mol. The van der Waals surface area contributed by atoms with E-state index in [1.54, 1.807) is 76.2 Å². The van der Waals surface area contributed by atoms with Crippen LogP contribution in [0.2, 0.25) is 5.02 Å². The molecule has 2 aromatic rings. The largest absolute Gasteiger partial charge is 1.00 e. The monoisotopic (exact) mass is 399 g/mol. The quantitative estimate of drug-likeness (QED) is 0.421. The van der Waals surface area contributed by atoms with Gasteiger partial charge in [0.15, 0.2) is 11.4 Å². The molecule has 6 heteroatoms.